The van der Waals surface area contributed by atoms with Crippen LogP contribution in [0.1, 0.15) is 48.3 Å². The van der Waals surface area contributed by atoms with E-state index in [1.54, 1.807) is 19.1 Å². The molecule has 3 aromatic rings. The van der Waals surface area contributed by atoms with Gasteiger partial charge in [0, 0.05) is 18.5 Å². The number of halogens is 5. The Balaban J connectivity index is 1.12. The number of H-pyrrole nitrogens is 1. The Hall–Kier alpha value is -3.02. The second-order valence-electron chi connectivity index (χ2n) is 9.52. The van der Waals surface area contributed by atoms with Crippen molar-refractivity contribution in [1.82, 2.24) is 24.5 Å². The number of alkyl halides is 5. The number of ether oxygens (including phenoxy) is 1. The number of pyridine rings is 1. The summed E-state index contributed by atoms with van der Waals surface area (Å²) in [5.74, 6) is -0.551. The highest BCUT2D eigenvalue weighted by atomic mass is 19.4. The van der Waals surface area contributed by atoms with Crippen LogP contribution in [-0.2, 0) is 12.6 Å². The maximum atomic E-state index is 13.3. The molecule has 1 saturated heterocycles. The quantitative estimate of drug-likeness (QED) is 0.497. The third-order valence-electron chi connectivity index (χ3n) is 6.99. The van der Waals surface area contributed by atoms with Gasteiger partial charge in [0.25, 0.3) is 12.0 Å². The average Bonchev–Trinajstić information content (AvgIpc) is 3.17. The third kappa shape index (κ3) is 4.39. The molecular weight excluding hydrogens is 473 g/mol. The number of likely N-dealkylation sites (tertiary alicyclic amines) is 1. The molecule has 35 heavy (non-hydrogen) atoms. The Bertz CT molecular complexity index is 1290. The molecule has 0 aromatic carbocycles. The molecule has 188 valence electrons. The minimum absolute atomic E-state index is 0.0677. The Morgan fingerprint density at radius 1 is 1.23 bits per heavy atom. The molecule has 12 heteroatoms. The highest BCUT2D eigenvalue weighted by Crippen LogP contribution is 2.50. The van der Waals surface area contributed by atoms with Crippen molar-refractivity contribution in [3.8, 4) is 5.75 Å². The lowest BCUT2D eigenvalue weighted by molar-refractivity contribution is -0.145. The van der Waals surface area contributed by atoms with Crippen molar-refractivity contribution in [2.24, 2.45) is 5.41 Å². The van der Waals surface area contributed by atoms with Crippen LogP contribution in [0.25, 0.3) is 5.52 Å². The predicted molar refractivity (Wildman–Crippen MR) is 116 cm³/mol. The number of aromatic amines is 1. The number of rotatable bonds is 7. The largest absolute Gasteiger partial charge is 0.489 e. The van der Waals surface area contributed by atoms with E-state index in [0.717, 1.165) is 36.9 Å². The van der Waals surface area contributed by atoms with Gasteiger partial charge in [-0.25, -0.2) is 18.9 Å². The highest BCUT2D eigenvalue weighted by Gasteiger charge is 2.53. The summed E-state index contributed by atoms with van der Waals surface area (Å²) in [4.78, 5) is 17.3. The average molecular weight is 497 g/mol. The fourth-order valence-electron chi connectivity index (χ4n) is 5.42. The topological polar surface area (TPSA) is 75.5 Å². The van der Waals surface area contributed by atoms with Crippen LogP contribution in [0, 0.1) is 12.3 Å². The third-order valence-corrected chi connectivity index (χ3v) is 6.99. The van der Waals surface area contributed by atoms with Gasteiger partial charge in [0.15, 0.2) is 0 Å². The van der Waals surface area contributed by atoms with E-state index < -0.39 is 29.5 Å². The zero-order valence-corrected chi connectivity index (χ0v) is 18.9. The molecule has 5 rings (SSSR count). The SMILES string of the molecule is Cc1c(OC2CC3(C2)CN(CCCc2cn[nH]c(=O)c2C(F)F)C3)ccc2cnc(C(F)(F)F)n12. The van der Waals surface area contributed by atoms with Crippen molar-refractivity contribution >= 4 is 5.52 Å². The zero-order chi connectivity index (χ0) is 25.0. The van der Waals surface area contributed by atoms with Crippen LogP contribution in [0.3, 0.4) is 0 Å². The first-order valence-electron chi connectivity index (χ1n) is 11.3. The molecule has 1 spiro atoms. The van der Waals surface area contributed by atoms with Gasteiger partial charge >= 0.3 is 6.18 Å². The number of nitrogens with one attached hydrogen (secondary N) is 1. The van der Waals surface area contributed by atoms with Gasteiger partial charge in [0.05, 0.1) is 29.2 Å². The summed E-state index contributed by atoms with van der Waals surface area (Å²) in [5.41, 5.74) is -0.230. The number of aryl methyl sites for hydroxylation is 2. The minimum atomic E-state index is -4.56. The first kappa shape index (κ1) is 23.7. The first-order valence-corrected chi connectivity index (χ1v) is 11.3. The van der Waals surface area contributed by atoms with Crippen LogP contribution in [0.2, 0.25) is 0 Å². The highest BCUT2D eigenvalue weighted by molar-refractivity contribution is 5.51. The molecule has 1 N–H and O–H groups in total. The monoisotopic (exact) mass is 497 g/mol. The number of hydrogen-bond acceptors (Lipinski definition) is 5. The molecule has 2 fully saturated rings. The summed E-state index contributed by atoms with van der Waals surface area (Å²) in [6.07, 6.45) is -2.38. The van der Waals surface area contributed by atoms with Gasteiger partial charge in [-0.1, -0.05) is 0 Å². The summed E-state index contributed by atoms with van der Waals surface area (Å²) < 4.78 is 73.2. The number of aromatic nitrogens is 4. The molecule has 4 heterocycles. The number of fused-ring (bicyclic) bond motifs is 1. The minimum Gasteiger partial charge on any atom is -0.489 e. The van der Waals surface area contributed by atoms with Crippen molar-refractivity contribution in [2.75, 3.05) is 19.6 Å². The fourth-order valence-corrected chi connectivity index (χ4v) is 5.42. The predicted octanol–water partition coefficient (Wildman–Crippen LogP) is 4.16. The smallest absolute Gasteiger partial charge is 0.450 e. The summed E-state index contributed by atoms with van der Waals surface area (Å²) in [5, 5.41) is 5.67. The van der Waals surface area contributed by atoms with Crippen LogP contribution in [0.4, 0.5) is 22.0 Å². The van der Waals surface area contributed by atoms with E-state index in [1.165, 1.54) is 12.4 Å². The first-order chi connectivity index (χ1) is 16.6. The Morgan fingerprint density at radius 3 is 2.66 bits per heavy atom. The molecule has 0 atom stereocenters. The van der Waals surface area contributed by atoms with Crippen LogP contribution in [0.5, 0.6) is 5.75 Å². The molecule has 0 amide bonds. The second kappa shape index (κ2) is 8.58. The van der Waals surface area contributed by atoms with E-state index in [1.807, 2.05) is 5.10 Å². The maximum absolute atomic E-state index is 13.3. The van der Waals surface area contributed by atoms with Gasteiger partial charge in [-0.05, 0) is 56.8 Å². The van der Waals surface area contributed by atoms with Gasteiger partial charge in [0.1, 0.15) is 11.9 Å². The Labute approximate surface area is 196 Å². The van der Waals surface area contributed by atoms with E-state index >= 15 is 0 Å². The van der Waals surface area contributed by atoms with E-state index in [9.17, 15) is 26.7 Å². The number of nitrogens with zero attached hydrogens (tertiary/aromatic N) is 4. The lowest BCUT2D eigenvalue weighted by atomic mass is 9.61. The summed E-state index contributed by atoms with van der Waals surface area (Å²) >= 11 is 0. The molecule has 1 saturated carbocycles. The summed E-state index contributed by atoms with van der Waals surface area (Å²) in [6, 6.07) is 3.25. The van der Waals surface area contributed by atoms with Crippen molar-refractivity contribution in [3.63, 3.8) is 0 Å². The van der Waals surface area contributed by atoms with Gasteiger partial charge in [-0.15, -0.1) is 0 Å². The normalized spacial score (nSPS) is 18.3. The summed E-state index contributed by atoms with van der Waals surface area (Å²) in [6.45, 7) is 4.04. The van der Waals surface area contributed by atoms with Crippen LogP contribution >= 0.6 is 0 Å². The van der Waals surface area contributed by atoms with Crippen molar-refractivity contribution in [1.29, 1.82) is 0 Å². The number of hydrogen-bond donors (Lipinski definition) is 1. The molecule has 7 nitrogen and oxygen atoms in total. The van der Waals surface area contributed by atoms with Gasteiger partial charge in [0.2, 0.25) is 5.82 Å². The van der Waals surface area contributed by atoms with Crippen LogP contribution < -0.4 is 10.3 Å². The maximum Gasteiger partial charge on any atom is 0.450 e. The molecule has 3 aromatic heterocycles. The molecular formula is C23H24F5N5O2. The van der Waals surface area contributed by atoms with Gasteiger partial charge in [-0.3, -0.25) is 9.20 Å². The Morgan fingerprint density at radius 2 is 1.97 bits per heavy atom. The van der Waals surface area contributed by atoms with Crippen molar-refractivity contribution in [2.45, 2.75) is 51.3 Å². The summed E-state index contributed by atoms with van der Waals surface area (Å²) in [7, 11) is 0. The Kier molecular flexibility index (Phi) is 5.81. The molecule has 1 aliphatic carbocycles. The van der Waals surface area contributed by atoms with E-state index in [4.69, 9.17) is 4.74 Å². The van der Waals surface area contributed by atoms with Crippen LogP contribution in [-0.4, -0.2) is 50.2 Å². The van der Waals surface area contributed by atoms with E-state index in [2.05, 4.69) is 15.0 Å². The zero-order valence-electron chi connectivity index (χ0n) is 18.9. The van der Waals surface area contributed by atoms with Crippen molar-refractivity contribution in [3.05, 3.63) is 57.5 Å². The van der Waals surface area contributed by atoms with Gasteiger partial charge < -0.3 is 9.64 Å². The lowest BCUT2D eigenvalue weighted by Crippen LogP contribution is -2.64. The van der Waals surface area contributed by atoms with Crippen molar-refractivity contribution < 1.29 is 26.7 Å². The molecule has 0 unspecified atom stereocenters. The van der Waals surface area contributed by atoms with E-state index in [0.29, 0.717) is 29.8 Å². The molecule has 1 aliphatic heterocycles. The molecule has 2 aliphatic rings. The molecule has 0 bridgehead atoms. The molecule has 0 radical (unpaired) electrons. The number of imidazole rings is 1. The van der Waals surface area contributed by atoms with Gasteiger partial charge in [-0.2, -0.15) is 18.3 Å². The second-order valence-corrected chi connectivity index (χ2v) is 9.52. The fraction of sp³-hybridized carbons (Fsp3) is 0.522. The van der Waals surface area contributed by atoms with Crippen LogP contribution in [0.15, 0.2) is 29.3 Å². The van der Waals surface area contributed by atoms with E-state index in [-0.39, 0.29) is 17.1 Å². The lowest BCUT2D eigenvalue weighted by Gasteiger charge is -2.58. The standard InChI is InChI=1S/C23H24F5N5O2/c1-13-17(5-4-15-10-29-21(33(13)15)23(26,27)28)35-16-7-22(8-16)11-32(12-22)6-2-3-14-9-30-31-20(34)18(14)19(24)25/h4-5,9-10,16,19H,2-3,6-8,11-12H2,1H3,(H,31,34).